The maximum atomic E-state index is 12.4. The van der Waals surface area contributed by atoms with Crippen LogP contribution in [0, 0.1) is 10.8 Å². The number of benzene rings is 1. The van der Waals surface area contributed by atoms with Gasteiger partial charge in [0.25, 0.3) is 0 Å². The van der Waals surface area contributed by atoms with Gasteiger partial charge in [-0.1, -0.05) is 44.2 Å². The Balaban J connectivity index is 1.67. The van der Waals surface area contributed by atoms with Gasteiger partial charge >= 0.3 is 5.97 Å². The van der Waals surface area contributed by atoms with Crippen molar-refractivity contribution in [3.8, 4) is 0 Å². The van der Waals surface area contributed by atoms with E-state index in [1.807, 2.05) is 24.3 Å². The number of fused-ring (bicyclic) bond motifs is 3. The minimum atomic E-state index is -0.393. The fourth-order valence-corrected chi connectivity index (χ4v) is 5.22. The van der Waals surface area contributed by atoms with Crippen molar-refractivity contribution in [1.29, 1.82) is 0 Å². The molecule has 2 aromatic rings. The van der Waals surface area contributed by atoms with Gasteiger partial charge in [0.15, 0.2) is 5.69 Å². The summed E-state index contributed by atoms with van der Waals surface area (Å²) < 4.78 is 5.20. The molecular formula is C21H28N4O2. The molecule has 0 unspecified atom stereocenters. The molecule has 1 saturated carbocycles. The largest absolute Gasteiger partial charge is 0.461 e. The van der Waals surface area contributed by atoms with Gasteiger partial charge in [-0.05, 0) is 43.1 Å². The first-order valence-electron chi connectivity index (χ1n) is 9.76. The van der Waals surface area contributed by atoms with Crippen molar-refractivity contribution < 1.29 is 9.53 Å². The van der Waals surface area contributed by atoms with Crippen LogP contribution in [0.3, 0.4) is 0 Å². The zero-order valence-corrected chi connectivity index (χ0v) is 16.6. The van der Waals surface area contributed by atoms with Crippen LogP contribution in [-0.4, -0.2) is 35.2 Å². The van der Waals surface area contributed by atoms with Crippen LogP contribution < -0.4 is 0 Å². The number of carbonyl (C=O) groups excluding carboxylic acids is 1. The lowest BCUT2D eigenvalue weighted by Gasteiger charge is -2.39. The molecule has 27 heavy (non-hydrogen) atoms. The molecule has 2 aliphatic rings. The molecule has 1 aliphatic heterocycles. The number of aromatic amines is 1. The summed E-state index contributed by atoms with van der Waals surface area (Å²) in [6.45, 7) is 10.1. The third-order valence-corrected chi connectivity index (χ3v) is 5.81. The van der Waals surface area contributed by atoms with E-state index in [4.69, 9.17) is 4.74 Å². The number of esters is 1. The normalized spacial score (nSPS) is 26.8. The first kappa shape index (κ1) is 18.0. The predicted molar refractivity (Wildman–Crippen MR) is 105 cm³/mol. The predicted octanol–water partition coefficient (Wildman–Crippen LogP) is 5.24. The Hall–Kier alpha value is -2.37. The highest BCUT2D eigenvalue weighted by atomic mass is 16.5. The van der Waals surface area contributed by atoms with E-state index in [0.29, 0.717) is 29.4 Å². The van der Waals surface area contributed by atoms with Gasteiger partial charge in [0.2, 0.25) is 0 Å². The molecule has 6 heteroatoms. The Labute approximate surface area is 160 Å². The number of carbonyl (C=O) groups is 1. The number of hydrogen-bond acceptors (Lipinski definition) is 4. The molecule has 0 radical (unpaired) electrons. The SMILES string of the molecule is CCOC(=O)c1[nH]c2ccccc2c1N=NN1C[C@@]2(C)C[C@@H]1CC(C)(C)C2. The number of para-hydroxylation sites is 1. The van der Waals surface area contributed by atoms with Crippen molar-refractivity contribution >= 4 is 22.6 Å². The van der Waals surface area contributed by atoms with Gasteiger partial charge in [-0.15, -0.1) is 5.11 Å². The van der Waals surface area contributed by atoms with Crippen LogP contribution in [0.15, 0.2) is 34.6 Å². The molecule has 0 amide bonds. The van der Waals surface area contributed by atoms with Gasteiger partial charge in [-0.3, -0.25) is 5.01 Å². The van der Waals surface area contributed by atoms with Gasteiger partial charge < -0.3 is 9.72 Å². The minimum absolute atomic E-state index is 0.287. The van der Waals surface area contributed by atoms with Crippen LogP contribution in [0.25, 0.3) is 10.9 Å². The van der Waals surface area contributed by atoms with E-state index >= 15 is 0 Å². The Morgan fingerprint density at radius 2 is 2.07 bits per heavy atom. The smallest absolute Gasteiger partial charge is 0.357 e. The zero-order chi connectivity index (χ0) is 19.2. The molecule has 1 saturated heterocycles. The molecule has 0 spiro atoms. The first-order chi connectivity index (χ1) is 12.8. The molecular weight excluding hydrogens is 340 g/mol. The number of H-pyrrole nitrogens is 1. The molecule has 2 heterocycles. The second-order valence-electron chi connectivity index (χ2n) is 9.12. The summed E-state index contributed by atoms with van der Waals surface area (Å²) in [5.41, 5.74) is 2.42. The van der Waals surface area contributed by atoms with E-state index in [2.05, 4.69) is 41.1 Å². The standard InChI is InChI=1S/C21H28N4O2/c1-5-27-19(26)18-17(15-8-6-7-9-16(15)22-18)23-24-25-13-21(4)11-14(25)10-20(2,3)12-21/h6-9,14,22H,5,10-13H2,1-4H3/t14-,21-/m0/s1. The van der Waals surface area contributed by atoms with Gasteiger partial charge in [0.1, 0.15) is 5.69 Å². The summed E-state index contributed by atoms with van der Waals surface area (Å²) >= 11 is 0. The molecule has 144 valence electrons. The second kappa shape index (κ2) is 6.36. The van der Waals surface area contributed by atoms with Crippen molar-refractivity contribution in [2.75, 3.05) is 13.2 Å². The Bertz CT molecular complexity index is 901. The maximum absolute atomic E-state index is 12.4. The molecule has 1 N–H and O–H groups in total. The summed E-state index contributed by atoms with van der Waals surface area (Å²) in [5.74, 6) is -0.393. The molecule has 4 rings (SSSR count). The van der Waals surface area contributed by atoms with E-state index in [1.54, 1.807) is 6.92 Å². The van der Waals surface area contributed by atoms with Gasteiger partial charge in [0, 0.05) is 23.5 Å². The van der Waals surface area contributed by atoms with Crippen molar-refractivity contribution in [2.45, 2.75) is 53.0 Å². The number of ether oxygens (including phenoxy) is 1. The zero-order valence-electron chi connectivity index (χ0n) is 16.6. The summed E-state index contributed by atoms with van der Waals surface area (Å²) in [7, 11) is 0. The second-order valence-corrected chi connectivity index (χ2v) is 9.12. The number of nitrogens with zero attached hydrogens (tertiary/aromatic N) is 3. The van der Waals surface area contributed by atoms with Gasteiger partial charge in [-0.2, -0.15) is 0 Å². The van der Waals surface area contributed by atoms with Crippen LogP contribution in [0.5, 0.6) is 0 Å². The van der Waals surface area contributed by atoms with Crippen molar-refractivity contribution in [1.82, 2.24) is 9.99 Å². The highest BCUT2D eigenvalue weighted by molar-refractivity contribution is 6.04. The number of aromatic nitrogens is 1. The van der Waals surface area contributed by atoms with Crippen molar-refractivity contribution in [3.63, 3.8) is 0 Å². The molecule has 1 aromatic heterocycles. The summed E-state index contributed by atoms with van der Waals surface area (Å²) in [5, 5.41) is 12.2. The highest BCUT2D eigenvalue weighted by Crippen LogP contribution is 2.52. The average molecular weight is 368 g/mol. The van der Waals surface area contributed by atoms with Crippen LogP contribution >= 0.6 is 0 Å². The summed E-state index contributed by atoms with van der Waals surface area (Å²) in [6, 6.07) is 8.18. The van der Waals surface area contributed by atoms with E-state index in [9.17, 15) is 4.79 Å². The number of rotatable bonds is 4. The van der Waals surface area contributed by atoms with Crippen molar-refractivity contribution in [2.24, 2.45) is 21.2 Å². The Morgan fingerprint density at radius 3 is 2.85 bits per heavy atom. The highest BCUT2D eigenvalue weighted by Gasteiger charge is 2.49. The lowest BCUT2D eigenvalue weighted by atomic mass is 9.65. The van der Waals surface area contributed by atoms with Crippen LogP contribution in [0.2, 0.25) is 0 Å². The lowest BCUT2D eigenvalue weighted by Crippen LogP contribution is -2.33. The van der Waals surface area contributed by atoms with E-state index < -0.39 is 5.97 Å². The first-order valence-corrected chi connectivity index (χ1v) is 9.76. The van der Waals surface area contributed by atoms with E-state index in [1.165, 1.54) is 6.42 Å². The monoisotopic (exact) mass is 368 g/mol. The van der Waals surface area contributed by atoms with Crippen LogP contribution in [-0.2, 0) is 4.74 Å². The third-order valence-electron chi connectivity index (χ3n) is 5.81. The molecule has 2 fully saturated rings. The third kappa shape index (κ3) is 3.33. The molecule has 6 nitrogen and oxygen atoms in total. The number of nitrogens with one attached hydrogen (secondary N) is 1. The van der Waals surface area contributed by atoms with Crippen LogP contribution in [0.1, 0.15) is 57.4 Å². The topological polar surface area (TPSA) is 70.0 Å². The summed E-state index contributed by atoms with van der Waals surface area (Å²) in [6.07, 6.45) is 3.50. The maximum Gasteiger partial charge on any atom is 0.357 e. The quantitative estimate of drug-likeness (QED) is 0.592. The Morgan fingerprint density at radius 1 is 1.30 bits per heavy atom. The Kier molecular flexibility index (Phi) is 4.24. The molecule has 1 aliphatic carbocycles. The fraction of sp³-hybridized carbons (Fsp3) is 0.571. The lowest BCUT2D eigenvalue weighted by molar-refractivity contribution is 0.0521. The minimum Gasteiger partial charge on any atom is -0.461 e. The molecule has 2 atom stereocenters. The van der Waals surface area contributed by atoms with Crippen molar-refractivity contribution in [3.05, 3.63) is 30.0 Å². The fourth-order valence-electron chi connectivity index (χ4n) is 5.22. The summed E-state index contributed by atoms with van der Waals surface area (Å²) in [4.78, 5) is 15.5. The van der Waals surface area contributed by atoms with Gasteiger partial charge in [-0.25, -0.2) is 4.79 Å². The van der Waals surface area contributed by atoms with E-state index in [-0.39, 0.29) is 5.41 Å². The molecule has 1 aromatic carbocycles. The average Bonchev–Trinajstić information content (AvgIpc) is 3.06. The van der Waals surface area contributed by atoms with E-state index in [0.717, 1.165) is 30.3 Å². The molecule has 2 bridgehead atoms. The van der Waals surface area contributed by atoms with Crippen LogP contribution in [0.4, 0.5) is 5.69 Å². The number of hydrogen-bond donors (Lipinski definition) is 1. The van der Waals surface area contributed by atoms with Gasteiger partial charge in [0.05, 0.1) is 6.61 Å².